The lowest BCUT2D eigenvalue weighted by Crippen LogP contribution is -2.68. The van der Waals surface area contributed by atoms with Crippen molar-refractivity contribution in [2.24, 2.45) is 11.3 Å². The lowest BCUT2D eigenvalue weighted by Gasteiger charge is -2.57. The Bertz CT molecular complexity index is 210. The van der Waals surface area contributed by atoms with Crippen LogP contribution in [0, 0.1) is 11.3 Å². The van der Waals surface area contributed by atoms with E-state index in [1.807, 2.05) is 0 Å². The molecule has 1 heterocycles. The van der Waals surface area contributed by atoms with Crippen molar-refractivity contribution >= 4 is 5.91 Å². The van der Waals surface area contributed by atoms with Gasteiger partial charge in [-0.15, -0.1) is 0 Å². The second kappa shape index (κ2) is 2.04. The van der Waals surface area contributed by atoms with Crippen LogP contribution in [0.15, 0.2) is 0 Å². The molecule has 1 saturated carbocycles. The van der Waals surface area contributed by atoms with Gasteiger partial charge in [0.1, 0.15) is 0 Å². The van der Waals surface area contributed by atoms with Gasteiger partial charge in [-0.3, -0.25) is 4.79 Å². The highest BCUT2D eigenvalue weighted by Crippen LogP contribution is 2.51. The molecule has 1 aliphatic carbocycles. The fourth-order valence-electron chi connectivity index (χ4n) is 2.33. The molecule has 1 aliphatic heterocycles. The van der Waals surface area contributed by atoms with E-state index in [-0.39, 0.29) is 11.4 Å². The van der Waals surface area contributed by atoms with Crippen LogP contribution in [-0.2, 0) is 4.79 Å². The summed E-state index contributed by atoms with van der Waals surface area (Å²) < 4.78 is 0. The Labute approximate surface area is 73.7 Å². The molecule has 1 saturated heterocycles. The van der Waals surface area contributed by atoms with Crippen LogP contribution >= 0.6 is 0 Å². The molecule has 0 aromatic carbocycles. The Morgan fingerprint density at radius 3 is 2.25 bits per heavy atom. The van der Waals surface area contributed by atoms with Crippen molar-refractivity contribution in [1.29, 1.82) is 0 Å². The molecule has 2 fully saturated rings. The second-order valence-corrected chi connectivity index (χ2v) is 5.48. The summed E-state index contributed by atoms with van der Waals surface area (Å²) in [6, 6.07) is 0. The van der Waals surface area contributed by atoms with Crippen molar-refractivity contribution in [3.8, 4) is 0 Å². The molecule has 1 spiro atoms. The van der Waals surface area contributed by atoms with Crippen molar-refractivity contribution in [3.05, 3.63) is 0 Å². The fraction of sp³-hybridized carbons (Fsp3) is 0.900. The topological polar surface area (TPSA) is 29.1 Å². The van der Waals surface area contributed by atoms with Gasteiger partial charge < -0.3 is 5.32 Å². The van der Waals surface area contributed by atoms with Gasteiger partial charge in [0.05, 0.1) is 0 Å². The zero-order chi connectivity index (χ0) is 8.98. The summed E-state index contributed by atoms with van der Waals surface area (Å²) in [5.74, 6) is 1.04. The largest absolute Gasteiger partial charge is 0.350 e. The van der Waals surface area contributed by atoms with E-state index in [0.717, 1.165) is 12.3 Å². The highest BCUT2D eigenvalue weighted by Gasteiger charge is 2.54. The maximum absolute atomic E-state index is 10.8. The number of carbonyl (C=O) groups is 1. The van der Waals surface area contributed by atoms with Crippen molar-refractivity contribution in [3.63, 3.8) is 0 Å². The van der Waals surface area contributed by atoms with Gasteiger partial charge in [0.2, 0.25) is 5.91 Å². The smallest absolute Gasteiger partial charge is 0.222 e. The molecule has 1 amide bonds. The number of carbonyl (C=O) groups excluding carboxylic acids is 1. The predicted molar refractivity (Wildman–Crippen MR) is 47.7 cm³/mol. The Hall–Kier alpha value is -0.530. The summed E-state index contributed by atoms with van der Waals surface area (Å²) in [6.45, 7) is 6.85. The lowest BCUT2D eigenvalue weighted by molar-refractivity contribution is -0.142. The summed E-state index contributed by atoms with van der Waals surface area (Å²) in [6.07, 6.45) is 3.17. The van der Waals surface area contributed by atoms with Crippen molar-refractivity contribution in [2.45, 2.75) is 45.6 Å². The van der Waals surface area contributed by atoms with Crippen molar-refractivity contribution < 1.29 is 4.79 Å². The molecule has 12 heavy (non-hydrogen) atoms. The summed E-state index contributed by atoms with van der Waals surface area (Å²) in [4.78, 5) is 10.8. The van der Waals surface area contributed by atoms with E-state index in [0.29, 0.717) is 5.41 Å². The number of nitrogens with one attached hydrogen (secondary N) is 1. The van der Waals surface area contributed by atoms with Gasteiger partial charge in [-0.1, -0.05) is 20.8 Å². The van der Waals surface area contributed by atoms with Gasteiger partial charge in [0, 0.05) is 12.0 Å². The predicted octanol–water partition coefficient (Wildman–Crippen LogP) is 1.70. The highest BCUT2D eigenvalue weighted by atomic mass is 16.2. The second-order valence-electron chi connectivity index (χ2n) is 5.48. The highest BCUT2D eigenvalue weighted by molar-refractivity contribution is 5.85. The lowest BCUT2D eigenvalue weighted by atomic mass is 9.55. The van der Waals surface area contributed by atoms with Crippen molar-refractivity contribution in [2.75, 3.05) is 0 Å². The van der Waals surface area contributed by atoms with Gasteiger partial charge >= 0.3 is 0 Å². The van der Waals surface area contributed by atoms with Crippen molar-refractivity contribution in [1.82, 2.24) is 5.32 Å². The molecule has 2 heteroatoms. The minimum Gasteiger partial charge on any atom is -0.350 e. The van der Waals surface area contributed by atoms with Crippen LogP contribution in [0.25, 0.3) is 0 Å². The van der Waals surface area contributed by atoms with Crippen LogP contribution in [-0.4, -0.2) is 11.4 Å². The monoisotopic (exact) mass is 167 g/mol. The molecule has 1 N–H and O–H groups in total. The molecule has 68 valence electrons. The minimum absolute atomic E-state index is 0.238. The Morgan fingerprint density at radius 1 is 1.42 bits per heavy atom. The first-order valence-corrected chi connectivity index (χ1v) is 4.72. The van der Waals surface area contributed by atoms with E-state index in [1.54, 1.807) is 0 Å². The normalized spacial score (nSPS) is 40.2. The number of β-lactam (4-membered cyclic amide) rings is 1. The number of rotatable bonds is 0. The standard InChI is InChI=1S/C10H17NO/c1-9(2,3)7-4-10(5-7)6-8(12)11-10/h7H,4-6H2,1-3H3,(H,11,12). The first-order chi connectivity index (χ1) is 5.41. The van der Waals surface area contributed by atoms with E-state index in [9.17, 15) is 4.79 Å². The summed E-state index contributed by atoms with van der Waals surface area (Å²) in [5, 5.41) is 3.02. The molecule has 0 radical (unpaired) electrons. The van der Waals surface area contributed by atoms with Crippen LogP contribution < -0.4 is 5.32 Å². The fourth-order valence-corrected chi connectivity index (χ4v) is 2.33. The molecule has 2 rings (SSSR count). The Kier molecular flexibility index (Phi) is 1.37. The van der Waals surface area contributed by atoms with Gasteiger partial charge in [-0.2, -0.15) is 0 Å². The average Bonchev–Trinajstić information content (AvgIpc) is 1.71. The van der Waals surface area contributed by atoms with Crippen LogP contribution in [0.5, 0.6) is 0 Å². The minimum atomic E-state index is 0.238. The Morgan fingerprint density at radius 2 is 1.92 bits per heavy atom. The van der Waals surface area contributed by atoms with E-state index in [1.165, 1.54) is 12.8 Å². The van der Waals surface area contributed by atoms with Gasteiger partial charge in [0.25, 0.3) is 0 Å². The maximum Gasteiger partial charge on any atom is 0.222 e. The zero-order valence-electron chi connectivity index (χ0n) is 8.11. The van der Waals surface area contributed by atoms with E-state index < -0.39 is 0 Å². The Balaban J connectivity index is 1.89. The third-order valence-electron chi connectivity index (χ3n) is 3.40. The quantitative estimate of drug-likeness (QED) is 0.547. The molecule has 2 aliphatic rings. The first-order valence-electron chi connectivity index (χ1n) is 4.72. The van der Waals surface area contributed by atoms with Gasteiger partial charge in [-0.05, 0) is 24.2 Å². The molecular weight excluding hydrogens is 150 g/mol. The summed E-state index contributed by atoms with van der Waals surface area (Å²) in [7, 11) is 0. The van der Waals surface area contributed by atoms with Crippen LogP contribution in [0.1, 0.15) is 40.0 Å². The third-order valence-corrected chi connectivity index (χ3v) is 3.40. The maximum atomic E-state index is 10.8. The molecule has 0 aromatic heterocycles. The van der Waals surface area contributed by atoms with E-state index >= 15 is 0 Å². The molecule has 0 atom stereocenters. The molecule has 0 bridgehead atoms. The van der Waals surface area contributed by atoms with E-state index in [2.05, 4.69) is 26.1 Å². The third kappa shape index (κ3) is 1.05. The summed E-state index contributed by atoms with van der Waals surface area (Å²) >= 11 is 0. The summed E-state index contributed by atoms with van der Waals surface area (Å²) in [5.41, 5.74) is 0.667. The molecular formula is C10H17NO. The number of hydrogen-bond donors (Lipinski definition) is 1. The van der Waals surface area contributed by atoms with Gasteiger partial charge in [0.15, 0.2) is 0 Å². The SMILES string of the molecule is CC(C)(C)C1CC2(CC(=O)N2)C1. The van der Waals surface area contributed by atoms with Crippen LogP contribution in [0.4, 0.5) is 0 Å². The van der Waals surface area contributed by atoms with Crippen LogP contribution in [0.3, 0.4) is 0 Å². The molecule has 0 aromatic rings. The van der Waals surface area contributed by atoms with E-state index in [4.69, 9.17) is 0 Å². The zero-order valence-corrected chi connectivity index (χ0v) is 8.11. The molecule has 2 nitrogen and oxygen atoms in total. The first kappa shape index (κ1) is 8.09. The number of hydrogen-bond acceptors (Lipinski definition) is 1. The molecule has 0 unspecified atom stereocenters. The average molecular weight is 167 g/mol. The van der Waals surface area contributed by atoms with Crippen LogP contribution in [0.2, 0.25) is 0 Å². The van der Waals surface area contributed by atoms with Gasteiger partial charge in [-0.25, -0.2) is 0 Å². The number of amides is 1.